The Morgan fingerprint density at radius 1 is 0.806 bits per heavy atom. The molecule has 0 saturated carbocycles. The number of rotatable bonds is 5. The van der Waals surface area contributed by atoms with Gasteiger partial charge < -0.3 is 15.6 Å². The predicted octanol–water partition coefficient (Wildman–Crippen LogP) is 4.38. The van der Waals surface area contributed by atoms with Gasteiger partial charge in [0.15, 0.2) is 17.3 Å². The maximum absolute atomic E-state index is 13.1. The fourth-order valence-electron chi connectivity index (χ4n) is 4.28. The molecule has 1 aliphatic rings. The molecule has 0 bridgehead atoms. The average Bonchev–Trinajstić information content (AvgIpc) is 2.85. The van der Waals surface area contributed by atoms with Crippen LogP contribution in [-0.4, -0.2) is 29.6 Å². The lowest BCUT2D eigenvalue weighted by Crippen LogP contribution is -2.22. The molecule has 0 radical (unpaired) electrons. The predicted molar refractivity (Wildman–Crippen MR) is 131 cm³/mol. The molecule has 4 aromatic rings. The average molecular weight is 502 g/mol. The van der Waals surface area contributed by atoms with E-state index in [0.717, 1.165) is 5.56 Å². The van der Waals surface area contributed by atoms with Gasteiger partial charge >= 0.3 is 0 Å². The van der Waals surface area contributed by atoms with Crippen LogP contribution in [0.3, 0.4) is 0 Å². The third-order valence-electron chi connectivity index (χ3n) is 5.98. The summed E-state index contributed by atoms with van der Waals surface area (Å²) in [5.41, 5.74) is 7.48. The minimum Gasteiger partial charge on any atom is -0.507 e. The first-order chi connectivity index (χ1) is 17.1. The van der Waals surface area contributed by atoms with Gasteiger partial charge in [0.05, 0.1) is 21.7 Å². The molecule has 5 rings (SSSR count). The van der Waals surface area contributed by atoms with E-state index < -0.39 is 27.4 Å². The fraction of sp³-hybridized carbons (Fsp3) is 0.0370. The molecule has 36 heavy (non-hydrogen) atoms. The van der Waals surface area contributed by atoms with Crippen LogP contribution < -0.4 is 10.5 Å². The van der Waals surface area contributed by atoms with Crippen molar-refractivity contribution in [1.82, 2.24) is 0 Å². The van der Waals surface area contributed by atoms with E-state index in [1.165, 1.54) is 30.3 Å². The van der Waals surface area contributed by atoms with Gasteiger partial charge in [0.1, 0.15) is 11.5 Å². The van der Waals surface area contributed by atoms with E-state index in [-0.39, 0.29) is 45.0 Å². The summed E-state index contributed by atoms with van der Waals surface area (Å²) in [7, 11) is -4.36. The molecule has 0 fully saturated rings. The van der Waals surface area contributed by atoms with Crippen LogP contribution in [0.25, 0.3) is 0 Å². The van der Waals surface area contributed by atoms with Gasteiger partial charge in [-0.05, 0) is 35.7 Å². The van der Waals surface area contributed by atoms with Gasteiger partial charge in [0.2, 0.25) is 0 Å². The van der Waals surface area contributed by atoms with Crippen LogP contribution >= 0.6 is 0 Å². The molecule has 0 amide bonds. The van der Waals surface area contributed by atoms with E-state index in [1.807, 2.05) is 0 Å². The molecule has 180 valence electrons. The SMILES string of the molecule is Nc1c(Oc2ccc(Cc3ccccc3S(=O)(=O)O)cc2)cc(O)c2c1C(=O)c1ccccc1C2=O. The molecule has 0 spiro atoms. The first-order valence-corrected chi connectivity index (χ1v) is 12.2. The van der Waals surface area contributed by atoms with Crippen LogP contribution in [0.4, 0.5) is 5.69 Å². The Balaban J connectivity index is 1.44. The molecule has 0 aliphatic heterocycles. The second-order valence-electron chi connectivity index (χ2n) is 8.27. The number of fused-ring (bicyclic) bond motifs is 2. The van der Waals surface area contributed by atoms with Crippen molar-refractivity contribution in [3.8, 4) is 17.2 Å². The maximum atomic E-state index is 13.1. The Labute approximate surface area is 206 Å². The second-order valence-corrected chi connectivity index (χ2v) is 9.66. The maximum Gasteiger partial charge on any atom is 0.294 e. The molecule has 4 aromatic carbocycles. The van der Waals surface area contributed by atoms with Crippen LogP contribution in [0.2, 0.25) is 0 Å². The lowest BCUT2D eigenvalue weighted by molar-refractivity contribution is 0.0977. The standard InChI is InChI=1S/C27H19NO7S/c28-25-21(14-20(29)23-24(25)27(31)19-7-3-2-6-18(19)26(23)30)35-17-11-9-15(10-12-17)13-16-5-1-4-8-22(16)36(32,33)34/h1-12,14,29H,13,28H2,(H,32,33,34). The summed E-state index contributed by atoms with van der Waals surface area (Å²) in [6.07, 6.45) is 0.244. The minimum atomic E-state index is -4.36. The highest BCUT2D eigenvalue weighted by Gasteiger charge is 2.35. The number of nitrogens with two attached hydrogens (primary N) is 1. The Morgan fingerprint density at radius 2 is 1.39 bits per heavy atom. The number of benzene rings is 4. The molecule has 0 atom stereocenters. The molecule has 1 aliphatic carbocycles. The number of phenols is 1. The number of aromatic hydroxyl groups is 1. The monoisotopic (exact) mass is 501 g/mol. The van der Waals surface area contributed by atoms with Crippen molar-refractivity contribution in [2.75, 3.05) is 5.73 Å². The van der Waals surface area contributed by atoms with E-state index in [9.17, 15) is 27.7 Å². The number of ether oxygens (including phenoxy) is 1. The van der Waals surface area contributed by atoms with Crippen molar-refractivity contribution >= 4 is 27.4 Å². The summed E-state index contributed by atoms with van der Waals surface area (Å²) in [6, 6.07) is 20.3. The van der Waals surface area contributed by atoms with E-state index in [4.69, 9.17) is 10.5 Å². The van der Waals surface area contributed by atoms with Gasteiger partial charge in [-0.2, -0.15) is 8.42 Å². The lowest BCUT2D eigenvalue weighted by atomic mass is 9.82. The van der Waals surface area contributed by atoms with Gasteiger partial charge in [-0.25, -0.2) is 0 Å². The highest BCUT2D eigenvalue weighted by atomic mass is 32.2. The van der Waals surface area contributed by atoms with E-state index in [2.05, 4.69) is 0 Å². The van der Waals surface area contributed by atoms with Crippen molar-refractivity contribution < 1.29 is 32.4 Å². The number of ketones is 2. The molecular weight excluding hydrogens is 482 g/mol. The highest BCUT2D eigenvalue weighted by molar-refractivity contribution is 7.85. The number of phenolic OH excluding ortho intramolecular Hbond substituents is 1. The van der Waals surface area contributed by atoms with Gasteiger partial charge in [0.25, 0.3) is 10.1 Å². The normalized spacial score (nSPS) is 12.7. The number of nitrogen functional groups attached to an aromatic ring is 1. The number of carbonyl (C=O) groups is 2. The molecule has 4 N–H and O–H groups in total. The molecule has 0 saturated heterocycles. The Hall–Kier alpha value is -4.47. The van der Waals surface area contributed by atoms with E-state index >= 15 is 0 Å². The summed E-state index contributed by atoms with van der Waals surface area (Å²) in [5, 5.41) is 10.6. The number of anilines is 1. The topological polar surface area (TPSA) is 144 Å². The number of hydrogen-bond donors (Lipinski definition) is 3. The van der Waals surface area contributed by atoms with Gasteiger partial charge in [-0.1, -0.05) is 54.6 Å². The van der Waals surface area contributed by atoms with Crippen LogP contribution in [0.5, 0.6) is 17.2 Å². The van der Waals surface area contributed by atoms with Crippen LogP contribution in [-0.2, 0) is 16.5 Å². The van der Waals surface area contributed by atoms with Gasteiger partial charge in [0, 0.05) is 17.2 Å². The van der Waals surface area contributed by atoms with Crippen LogP contribution in [0.15, 0.2) is 83.8 Å². The first-order valence-electron chi connectivity index (χ1n) is 10.8. The van der Waals surface area contributed by atoms with Crippen molar-refractivity contribution in [3.05, 3.63) is 112 Å². The van der Waals surface area contributed by atoms with Crippen LogP contribution in [0, 0.1) is 0 Å². The second kappa shape index (κ2) is 8.63. The summed E-state index contributed by atoms with van der Waals surface area (Å²) in [6.45, 7) is 0. The zero-order chi connectivity index (χ0) is 25.6. The molecule has 8 nitrogen and oxygen atoms in total. The van der Waals surface area contributed by atoms with Gasteiger partial charge in [-0.15, -0.1) is 0 Å². The van der Waals surface area contributed by atoms with E-state index in [1.54, 1.807) is 48.5 Å². The molecular formula is C27H19NO7S. The van der Waals surface area contributed by atoms with Crippen molar-refractivity contribution in [2.24, 2.45) is 0 Å². The molecule has 9 heteroatoms. The minimum absolute atomic E-state index is 0.0104. The smallest absolute Gasteiger partial charge is 0.294 e. The fourth-order valence-corrected chi connectivity index (χ4v) is 5.00. The van der Waals surface area contributed by atoms with Gasteiger partial charge in [-0.3, -0.25) is 14.1 Å². The number of carbonyl (C=O) groups excluding carboxylic acids is 2. The Kier molecular flexibility index (Phi) is 5.58. The summed E-state index contributed by atoms with van der Waals surface area (Å²) in [5.74, 6) is -1.05. The third kappa shape index (κ3) is 4.00. The van der Waals surface area contributed by atoms with Crippen molar-refractivity contribution in [2.45, 2.75) is 11.3 Å². The zero-order valence-corrected chi connectivity index (χ0v) is 19.5. The van der Waals surface area contributed by atoms with Crippen molar-refractivity contribution in [3.63, 3.8) is 0 Å². The number of hydrogen-bond acceptors (Lipinski definition) is 7. The lowest BCUT2D eigenvalue weighted by Gasteiger charge is -2.21. The molecule has 0 aromatic heterocycles. The Bertz CT molecular complexity index is 1660. The zero-order valence-electron chi connectivity index (χ0n) is 18.6. The van der Waals surface area contributed by atoms with Crippen molar-refractivity contribution in [1.29, 1.82) is 0 Å². The Morgan fingerprint density at radius 3 is 2.03 bits per heavy atom. The summed E-state index contributed by atoms with van der Waals surface area (Å²) >= 11 is 0. The first kappa shape index (κ1) is 23.3. The molecule has 0 unspecified atom stereocenters. The third-order valence-corrected chi connectivity index (χ3v) is 6.93. The van der Waals surface area contributed by atoms with Crippen LogP contribution in [0.1, 0.15) is 43.0 Å². The largest absolute Gasteiger partial charge is 0.507 e. The summed E-state index contributed by atoms with van der Waals surface area (Å²) in [4.78, 5) is 25.8. The quantitative estimate of drug-likeness (QED) is 0.183. The molecule has 0 heterocycles. The summed E-state index contributed by atoms with van der Waals surface area (Å²) < 4.78 is 38.5. The van der Waals surface area contributed by atoms with E-state index in [0.29, 0.717) is 11.3 Å². The highest BCUT2D eigenvalue weighted by Crippen LogP contribution is 2.42.